The summed E-state index contributed by atoms with van der Waals surface area (Å²) in [6.45, 7) is 7.90. The summed E-state index contributed by atoms with van der Waals surface area (Å²) in [7, 11) is 0. The Hall–Kier alpha value is -2.40. The van der Waals surface area contributed by atoms with E-state index in [1.165, 1.54) is 5.56 Å². The van der Waals surface area contributed by atoms with Crippen LogP contribution in [0.2, 0.25) is 0 Å². The van der Waals surface area contributed by atoms with Gasteiger partial charge in [0.05, 0.1) is 11.3 Å². The normalized spacial score (nSPS) is 16.8. The van der Waals surface area contributed by atoms with E-state index in [1.54, 1.807) is 0 Å². The van der Waals surface area contributed by atoms with Crippen LogP contribution in [0.15, 0.2) is 36.4 Å². The van der Waals surface area contributed by atoms with Gasteiger partial charge in [-0.25, -0.2) is 4.98 Å². The number of aliphatic hydroxyl groups is 1. The van der Waals surface area contributed by atoms with Crippen molar-refractivity contribution in [3.05, 3.63) is 58.9 Å². The molecule has 5 heteroatoms. The molecule has 2 aromatic heterocycles. The molecule has 142 valence electrons. The third kappa shape index (κ3) is 3.44. The Morgan fingerprint density at radius 3 is 2.48 bits per heavy atom. The molecule has 1 fully saturated rings. The molecule has 5 nitrogen and oxygen atoms in total. The summed E-state index contributed by atoms with van der Waals surface area (Å²) in [5.74, 6) is 1.09. The minimum Gasteiger partial charge on any atom is -0.389 e. The maximum atomic E-state index is 11.1. The highest BCUT2D eigenvalue weighted by molar-refractivity contribution is 5.57. The van der Waals surface area contributed by atoms with Gasteiger partial charge in [-0.1, -0.05) is 37.3 Å². The third-order valence-electron chi connectivity index (χ3n) is 5.85. The lowest BCUT2D eigenvalue weighted by Crippen LogP contribution is -2.46. The zero-order valence-corrected chi connectivity index (χ0v) is 16.4. The van der Waals surface area contributed by atoms with Crippen LogP contribution in [-0.4, -0.2) is 38.4 Å². The first-order valence-electron chi connectivity index (χ1n) is 9.86. The second-order valence-corrected chi connectivity index (χ2v) is 7.78. The van der Waals surface area contributed by atoms with Crippen LogP contribution in [0.25, 0.3) is 5.65 Å². The van der Waals surface area contributed by atoms with Crippen molar-refractivity contribution in [2.45, 2.75) is 52.1 Å². The van der Waals surface area contributed by atoms with Gasteiger partial charge >= 0.3 is 0 Å². The predicted octanol–water partition coefficient (Wildman–Crippen LogP) is 3.48. The minimum absolute atomic E-state index is 0.631. The van der Waals surface area contributed by atoms with Crippen molar-refractivity contribution < 1.29 is 5.11 Å². The van der Waals surface area contributed by atoms with Crippen molar-refractivity contribution in [2.24, 2.45) is 0 Å². The van der Waals surface area contributed by atoms with Crippen LogP contribution in [0, 0.1) is 13.8 Å². The standard InChI is InChI=1S/C22H28N4O/c1-4-19-14-20(26-21(23-19)16(2)17(3)24-26)25-12-10-22(27,11-13-25)15-18-8-6-5-7-9-18/h5-9,14,27H,4,10-13,15H2,1-3H3. The Morgan fingerprint density at radius 1 is 1.11 bits per heavy atom. The fourth-order valence-corrected chi connectivity index (χ4v) is 3.97. The fourth-order valence-electron chi connectivity index (χ4n) is 3.97. The van der Waals surface area contributed by atoms with Gasteiger partial charge in [0.2, 0.25) is 0 Å². The van der Waals surface area contributed by atoms with Crippen molar-refractivity contribution in [3.8, 4) is 0 Å². The molecular weight excluding hydrogens is 336 g/mol. The van der Waals surface area contributed by atoms with Crippen molar-refractivity contribution in [1.82, 2.24) is 14.6 Å². The molecule has 0 radical (unpaired) electrons. The van der Waals surface area contributed by atoms with Crippen LogP contribution >= 0.6 is 0 Å². The lowest BCUT2D eigenvalue weighted by atomic mass is 9.85. The lowest BCUT2D eigenvalue weighted by Gasteiger charge is -2.39. The molecule has 27 heavy (non-hydrogen) atoms. The Morgan fingerprint density at radius 2 is 1.81 bits per heavy atom. The van der Waals surface area contributed by atoms with E-state index in [1.807, 2.05) is 29.6 Å². The van der Waals surface area contributed by atoms with Gasteiger partial charge in [0.15, 0.2) is 5.65 Å². The van der Waals surface area contributed by atoms with Crippen LogP contribution in [0.1, 0.15) is 42.3 Å². The fraction of sp³-hybridized carbons (Fsp3) is 0.455. The smallest absolute Gasteiger partial charge is 0.160 e. The number of piperidine rings is 1. The first-order valence-corrected chi connectivity index (χ1v) is 9.86. The first kappa shape index (κ1) is 18.0. The molecule has 3 heterocycles. The quantitative estimate of drug-likeness (QED) is 0.770. The molecule has 0 aliphatic carbocycles. The van der Waals surface area contributed by atoms with Gasteiger partial charge < -0.3 is 10.0 Å². The number of aryl methyl sites for hydroxylation is 3. The number of hydrogen-bond acceptors (Lipinski definition) is 4. The number of anilines is 1. The highest BCUT2D eigenvalue weighted by Gasteiger charge is 2.33. The summed E-state index contributed by atoms with van der Waals surface area (Å²) >= 11 is 0. The summed E-state index contributed by atoms with van der Waals surface area (Å²) in [5.41, 5.74) is 4.77. The van der Waals surface area contributed by atoms with E-state index in [4.69, 9.17) is 10.1 Å². The van der Waals surface area contributed by atoms with Gasteiger partial charge in [0.25, 0.3) is 0 Å². The van der Waals surface area contributed by atoms with Crippen LogP contribution < -0.4 is 4.90 Å². The molecule has 0 unspecified atom stereocenters. The second-order valence-electron chi connectivity index (χ2n) is 7.78. The Kier molecular flexibility index (Phi) is 4.64. The van der Waals surface area contributed by atoms with Crippen molar-refractivity contribution in [2.75, 3.05) is 18.0 Å². The van der Waals surface area contributed by atoms with E-state index in [0.29, 0.717) is 6.42 Å². The van der Waals surface area contributed by atoms with Crippen LogP contribution in [-0.2, 0) is 12.8 Å². The molecule has 0 spiro atoms. The molecule has 1 aliphatic rings. The summed E-state index contributed by atoms with van der Waals surface area (Å²) in [5, 5.41) is 15.8. The van der Waals surface area contributed by atoms with Crippen molar-refractivity contribution in [3.63, 3.8) is 0 Å². The van der Waals surface area contributed by atoms with E-state index in [2.05, 4.69) is 36.9 Å². The molecule has 0 saturated carbocycles. The van der Waals surface area contributed by atoms with Crippen LogP contribution in [0.4, 0.5) is 5.82 Å². The van der Waals surface area contributed by atoms with Crippen molar-refractivity contribution in [1.29, 1.82) is 0 Å². The van der Waals surface area contributed by atoms with Crippen LogP contribution in [0.5, 0.6) is 0 Å². The number of hydrogen-bond donors (Lipinski definition) is 1. The zero-order chi connectivity index (χ0) is 19.0. The molecule has 1 N–H and O–H groups in total. The van der Waals surface area contributed by atoms with E-state index in [0.717, 1.165) is 60.8 Å². The molecule has 1 aliphatic heterocycles. The van der Waals surface area contributed by atoms with E-state index in [-0.39, 0.29) is 0 Å². The summed E-state index contributed by atoms with van der Waals surface area (Å²) in [4.78, 5) is 7.12. The molecular formula is C22H28N4O. The minimum atomic E-state index is -0.631. The molecule has 0 bridgehead atoms. The van der Waals surface area contributed by atoms with Gasteiger partial charge in [-0.05, 0) is 38.7 Å². The van der Waals surface area contributed by atoms with E-state index >= 15 is 0 Å². The molecule has 0 amide bonds. The van der Waals surface area contributed by atoms with Gasteiger partial charge in [0, 0.05) is 36.8 Å². The largest absolute Gasteiger partial charge is 0.389 e. The number of nitrogens with zero attached hydrogens (tertiary/aromatic N) is 4. The summed E-state index contributed by atoms with van der Waals surface area (Å²) in [6, 6.07) is 12.4. The number of benzene rings is 1. The van der Waals surface area contributed by atoms with Crippen molar-refractivity contribution >= 4 is 11.5 Å². The average molecular weight is 364 g/mol. The number of aromatic nitrogens is 3. The second kappa shape index (κ2) is 6.97. The SMILES string of the molecule is CCc1cc(N2CCC(O)(Cc3ccccc3)CC2)n2nc(C)c(C)c2n1. The third-order valence-corrected chi connectivity index (χ3v) is 5.85. The van der Waals surface area contributed by atoms with Gasteiger partial charge in [0.1, 0.15) is 5.82 Å². The molecule has 1 saturated heterocycles. The Balaban J connectivity index is 1.58. The maximum absolute atomic E-state index is 11.1. The molecule has 1 aromatic carbocycles. The monoisotopic (exact) mass is 364 g/mol. The Bertz CT molecular complexity index is 940. The molecule has 0 atom stereocenters. The average Bonchev–Trinajstić information content (AvgIpc) is 2.96. The summed E-state index contributed by atoms with van der Waals surface area (Å²) < 4.78 is 1.98. The molecule has 4 rings (SSSR count). The number of fused-ring (bicyclic) bond motifs is 1. The zero-order valence-electron chi connectivity index (χ0n) is 16.4. The highest BCUT2D eigenvalue weighted by atomic mass is 16.3. The topological polar surface area (TPSA) is 53.7 Å². The number of rotatable bonds is 4. The maximum Gasteiger partial charge on any atom is 0.160 e. The predicted molar refractivity (Wildman–Crippen MR) is 108 cm³/mol. The lowest BCUT2D eigenvalue weighted by molar-refractivity contribution is 0.0163. The molecule has 3 aromatic rings. The Labute approximate surface area is 160 Å². The van der Waals surface area contributed by atoms with E-state index < -0.39 is 5.60 Å². The van der Waals surface area contributed by atoms with Crippen LogP contribution in [0.3, 0.4) is 0 Å². The van der Waals surface area contributed by atoms with Gasteiger partial charge in [-0.2, -0.15) is 9.61 Å². The van der Waals surface area contributed by atoms with Gasteiger partial charge in [-0.3, -0.25) is 0 Å². The van der Waals surface area contributed by atoms with Gasteiger partial charge in [-0.15, -0.1) is 0 Å². The first-order chi connectivity index (χ1) is 13.0. The highest BCUT2D eigenvalue weighted by Crippen LogP contribution is 2.30. The van der Waals surface area contributed by atoms with E-state index in [9.17, 15) is 5.11 Å². The summed E-state index contributed by atoms with van der Waals surface area (Å²) in [6.07, 6.45) is 3.13.